The van der Waals surface area contributed by atoms with Crippen LogP contribution in [0.5, 0.6) is 5.75 Å². The van der Waals surface area contributed by atoms with Gasteiger partial charge in [-0.2, -0.15) is 0 Å². The topological polar surface area (TPSA) is 73.6 Å². The summed E-state index contributed by atoms with van der Waals surface area (Å²) in [6.45, 7) is 0.196. The number of hydrogen-bond acceptors (Lipinski definition) is 4. The number of anilines is 1. The number of methoxy groups -OCH3 is 2. The van der Waals surface area contributed by atoms with E-state index in [0.717, 1.165) is 5.75 Å². The first-order valence-electron chi connectivity index (χ1n) is 4.87. The van der Waals surface area contributed by atoms with E-state index < -0.39 is 6.04 Å². The maximum absolute atomic E-state index is 11.5. The number of rotatable bonds is 5. The Balaban J connectivity index is 0.00000256. The lowest BCUT2D eigenvalue weighted by molar-refractivity contribution is -0.118. The molecule has 1 unspecified atom stereocenters. The van der Waals surface area contributed by atoms with E-state index in [4.69, 9.17) is 15.2 Å². The second kappa shape index (κ2) is 7.89. The minimum atomic E-state index is -0.660. The quantitative estimate of drug-likeness (QED) is 0.829. The van der Waals surface area contributed by atoms with Gasteiger partial charge in [-0.25, -0.2) is 0 Å². The second-order valence-corrected chi connectivity index (χ2v) is 3.28. The van der Waals surface area contributed by atoms with Gasteiger partial charge < -0.3 is 20.5 Å². The Hall–Kier alpha value is -1.30. The molecule has 0 fully saturated rings. The van der Waals surface area contributed by atoms with Crippen LogP contribution in [0.1, 0.15) is 0 Å². The molecule has 6 heteroatoms. The molecule has 5 nitrogen and oxygen atoms in total. The highest BCUT2D eigenvalue weighted by Gasteiger charge is 2.12. The number of carbonyl (C=O) groups excluding carboxylic acids is 1. The fourth-order valence-corrected chi connectivity index (χ4v) is 1.16. The molecule has 0 saturated heterocycles. The zero-order valence-electron chi connectivity index (χ0n) is 9.80. The highest BCUT2D eigenvalue weighted by Crippen LogP contribution is 2.14. The zero-order valence-corrected chi connectivity index (χ0v) is 10.6. The molecule has 1 aromatic rings. The molecule has 0 aromatic heterocycles. The largest absolute Gasteiger partial charge is 0.497 e. The predicted molar refractivity (Wildman–Crippen MR) is 68.7 cm³/mol. The number of carbonyl (C=O) groups is 1. The first-order chi connectivity index (χ1) is 7.67. The minimum absolute atomic E-state index is 0. The van der Waals surface area contributed by atoms with Gasteiger partial charge >= 0.3 is 0 Å². The third-order valence-corrected chi connectivity index (χ3v) is 2.04. The number of hydrogen-bond donors (Lipinski definition) is 2. The van der Waals surface area contributed by atoms with Crippen LogP contribution in [-0.4, -0.2) is 32.8 Å². The van der Waals surface area contributed by atoms with Gasteiger partial charge in [0.1, 0.15) is 11.8 Å². The van der Waals surface area contributed by atoms with E-state index in [1.165, 1.54) is 7.11 Å². The monoisotopic (exact) mass is 260 g/mol. The standard InChI is InChI=1S/C11H16N2O3.ClH/c1-15-7-10(12)11(14)13-8-3-5-9(16-2)6-4-8;/h3-6,10H,7,12H2,1-2H3,(H,13,14);1H. The van der Waals surface area contributed by atoms with Crippen molar-refractivity contribution in [1.82, 2.24) is 0 Å². The van der Waals surface area contributed by atoms with Gasteiger partial charge in [-0.3, -0.25) is 4.79 Å². The Kier molecular flexibility index (Phi) is 7.29. The Morgan fingerprint density at radius 1 is 1.35 bits per heavy atom. The van der Waals surface area contributed by atoms with E-state index in [1.54, 1.807) is 31.4 Å². The van der Waals surface area contributed by atoms with Crippen molar-refractivity contribution >= 4 is 24.0 Å². The predicted octanol–water partition coefficient (Wildman–Crippen LogP) is 1.03. The molecule has 0 aliphatic carbocycles. The molecule has 0 aliphatic heterocycles. The lowest BCUT2D eigenvalue weighted by Gasteiger charge is -2.11. The summed E-state index contributed by atoms with van der Waals surface area (Å²) in [5.74, 6) is 0.464. The average Bonchev–Trinajstić information content (AvgIpc) is 2.30. The van der Waals surface area contributed by atoms with Gasteiger partial charge in [0.25, 0.3) is 0 Å². The summed E-state index contributed by atoms with van der Waals surface area (Å²) in [6.07, 6.45) is 0. The fraction of sp³-hybridized carbons (Fsp3) is 0.364. The SMILES string of the molecule is COCC(N)C(=O)Nc1ccc(OC)cc1.Cl. The van der Waals surface area contributed by atoms with E-state index in [2.05, 4.69) is 5.32 Å². The molecule has 0 radical (unpaired) electrons. The molecule has 17 heavy (non-hydrogen) atoms. The van der Waals surface area contributed by atoms with Gasteiger partial charge in [0.05, 0.1) is 13.7 Å². The van der Waals surface area contributed by atoms with Crippen LogP contribution < -0.4 is 15.8 Å². The molecule has 0 bridgehead atoms. The van der Waals surface area contributed by atoms with E-state index in [9.17, 15) is 4.79 Å². The fourth-order valence-electron chi connectivity index (χ4n) is 1.16. The number of amides is 1. The van der Waals surface area contributed by atoms with Crippen molar-refractivity contribution in [3.63, 3.8) is 0 Å². The summed E-state index contributed by atoms with van der Waals surface area (Å²) in [5.41, 5.74) is 6.25. The van der Waals surface area contributed by atoms with Gasteiger partial charge in [0.2, 0.25) is 5.91 Å². The van der Waals surface area contributed by atoms with Crippen LogP contribution in [0.3, 0.4) is 0 Å². The van der Waals surface area contributed by atoms with E-state index in [1.807, 2.05) is 0 Å². The molecule has 1 amide bonds. The number of benzene rings is 1. The van der Waals surface area contributed by atoms with Crippen LogP contribution >= 0.6 is 12.4 Å². The summed E-state index contributed by atoms with van der Waals surface area (Å²) in [7, 11) is 3.09. The average molecular weight is 261 g/mol. The van der Waals surface area contributed by atoms with Gasteiger partial charge in [-0.15, -0.1) is 12.4 Å². The number of nitrogens with one attached hydrogen (secondary N) is 1. The number of ether oxygens (including phenoxy) is 2. The van der Waals surface area contributed by atoms with Crippen molar-refractivity contribution in [3.8, 4) is 5.75 Å². The molecule has 1 rings (SSSR count). The lowest BCUT2D eigenvalue weighted by Crippen LogP contribution is -2.39. The Morgan fingerprint density at radius 3 is 2.41 bits per heavy atom. The van der Waals surface area contributed by atoms with E-state index >= 15 is 0 Å². The van der Waals surface area contributed by atoms with Gasteiger partial charge in [-0.1, -0.05) is 0 Å². The van der Waals surface area contributed by atoms with Crippen LogP contribution in [0.2, 0.25) is 0 Å². The van der Waals surface area contributed by atoms with Gasteiger partial charge in [-0.05, 0) is 24.3 Å². The summed E-state index contributed by atoms with van der Waals surface area (Å²) in [5, 5.41) is 2.68. The third kappa shape index (κ3) is 5.04. The normalized spacial score (nSPS) is 11.2. The van der Waals surface area contributed by atoms with Crippen LogP contribution in [0.4, 0.5) is 5.69 Å². The third-order valence-electron chi connectivity index (χ3n) is 2.04. The lowest BCUT2D eigenvalue weighted by atomic mass is 10.2. The van der Waals surface area contributed by atoms with Crippen LogP contribution in [0, 0.1) is 0 Å². The highest BCUT2D eigenvalue weighted by atomic mass is 35.5. The molecule has 0 heterocycles. The first-order valence-corrected chi connectivity index (χ1v) is 4.87. The number of halogens is 1. The van der Waals surface area contributed by atoms with Crippen LogP contribution in [0.15, 0.2) is 24.3 Å². The van der Waals surface area contributed by atoms with Crippen molar-refractivity contribution in [2.75, 3.05) is 26.1 Å². The van der Waals surface area contributed by atoms with Crippen molar-refractivity contribution in [2.24, 2.45) is 5.73 Å². The van der Waals surface area contributed by atoms with Crippen molar-refractivity contribution < 1.29 is 14.3 Å². The van der Waals surface area contributed by atoms with Crippen LogP contribution in [0.25, 0.3) is 0 Å². The summed E-state index contributed by atoms with van der Waals surface area (Å²) < 4.78 is 9.80. The summed E-state index contributed by atoms with van der Waals surface area (Å²) in [4.78, 5) is 11.5. The molecule has 3 N–H and O–H groups in total. The Morgan fingerprint density at radius 2 is 1.94 bits per heavy atom. The summed E-state index contributed by atoms with van der Waals surface area (Å²) >= 11 is 0. The van der Waals surface area contributed by atoms with Crippen molar-refractivity contribution in [3.05, 3.63) is 24.3 Å². The Labute approximate surface area is 107 Å². The first kappa shape index (κ1) is 15.7. The molecule has 1 atom stereocenters. The molecule has 1 aromatic carbocycles. The van der Waals surface area contributed by atoms with Crippen molar-refractivity contribution in [2.45, 2.75) is 6.04 Å². The maximum Gasteiger partial charge on any atom is 0.243 e. The van der Waals surface area contributed by atoms with Gasteiger partial charge in [0.15, 0.2) is 0 Å². The molecule has 0 saturated carbocycles. The second-order valence-electron chi connectivity index (χ2n) is 3.28. The number of nitrogens with two attached hydrogens (primary N) is 1. The van der Waals surface area contributed by atoms with Crippen LogP contribution in [-0.2, 0) is 9.53 Å². The zero-order chi connectivity index (χ0) is 12.0. The molecular weight excluding hydrogens is 244 g/mol. The molecular formula is C11H17ClN2O3. The molecule has 0 spiro atoms. The minimum Gasteiger partial charge on any atom is -0.497 e. The van der Waals surface area contributed by atoms with E-state index in [-0.39, 0.29) is 24.9 Å². The summed E-state index contributed by atoms with van der Waals surface area (Å²) in [6, 6.07) is 6.36. The van der Waals surface area contributed by atoms with E-state index in [0.29, 0.717) is 5.69 Å². The van der Waals surface area contributed by atoms with Gasteiger partial charge in [0, 0.05) is 12.8 Å². The highest BCUT2D eigenvalue weighted by molar-refractivity contribution is 5.94. The maximum atomic E-state index is 11.5. The Bertz CT molecular complexity index is 343. The molecule has 96 valence electrons. The van der Waals surface area contributed by atoms with Crippen molar-refractivity contribution in [1.29, 1.82) is 0 Å². The smallest absolute Gasteiger partial charge is 0.243 e. The molecule has 0 aliphatic rings.